The van der Waals surface area contributed by atoms with Crippen LogP contribution in [0, 0.1) is 0 Å². The number of amides is 1. The summed E-state index contributed by atoms with van der Waals surface area (Å²) in [5, 5.41) is 3.02. The van der Waals surface area contributed by atoms with Crippen LogP contribution in [0.3, 0.4) is 0 Å². The molecule has 0 aliphatic rings. The molecule has 0 radical (unpaired) electrons. The van der Waals surface area contributed by atoms with Gasteiger partial charge in [0.15, 0.2) is 0 Å². The number of likely N-dealkylation sites (N-methyl/N-ethyl adjacent to an activating group) is 1. The zero-order valence-corrected chi connectivity index (χ0v) is 11.8. The van der Waals surface area contributed by atoms with Crippen LogP contribution in [0.5, 0.6) is 0 Å². The van der Waals surface area contributed by atoms with Crippen LogP contribution in [0.2, 0.25) is 5.15 Å². The first-order valence-corrected chi connectivity index (χ1v) is 6.47. The van der Waals surface area contributed by atoms with E-state index in [1.165, 1.54) is 0 Å². The van der Waals surface area contributed by atoms with Crippen LogP contribution in [-0.4, -0.2) is 36.0 Å². The van der Waals surface area contributed by atoms with Crippen LogP contribution in [0.25, 0.3) is 0 Å². The molecule has 18 heavy (non-hydrogen) atoms. The minimum Gasteiger partial charge on any atom is -0.358 e. The van der Waals surface area contributed by atoms with Crippen molar-refractivity contribution in [2.45, 2.75) is 26.7 Å². The average Bonchev–Trinajstić information content (AvgIpc) is 2.37. The van der Waals surface area contributed by atoms with Crippen molar-refractivity contribution in [2.24, 2.45) is 0 Å². The number of nitrogens with one attached hydrogen (secondary N) is 1. The second kappa shape index (κ2) is 7.16. The molecule has 0 saturated heterocycles. The van der Waals surface area contributed by atoms with Gasteiger partial charge in [-0.15, -0.1) is 0 Å². The number of hydrogen-bond acceptors (Lipinski definition) is 4. The molecule has 6 heteroatoms. The Kier molecular flexibility index (Phi) is 5.85. The maximum Gasteiger partial charge on any atom is 0.239 e. The highest BCUT2D eigenvalue weighted by molar-refractivity contribution is 6.29. The van der Waals surface area contributed by atoms with Gasteiger partial charge in [-0.2, -0.15) is 0 Å². The highest BCUT2D eigenvalue weighted by atomic mass is 35.5. The van der Waals surface area contributed by atoms with E-state index in [1.807, 2.05) is 11.8 Å². The molecule has 1 amide bonds. The van der Waals surface area contributed by atoms with Gasteiger partial charge in [-0.25, -0.2) is 9.97 Å². The van der Waals surface area contributed by atoms with Crippen molar-refractivity contribution in [3.05, 3.63) is 17.0 Å². The number of hydrogen-bond donors (Lipinski definition) is 1. The molecule has 1 N–H and O–H groups in total. The van der Waals surface area contributed by atoms with Crippen molar-refractivity contribution in [3.8, 4) is 0 Å². The van der Waals surface area contributed by atoms with E-state index in [4.69, 9.17) is 11.6 Å². The van der Waals surface area contributed by atoms with Gasteiger partial charge in [0.25, 0.3) is 0 Å². The lowest BCUT2D eigenvalue weighted by Gasteiger charge is -2.22. The molecule has 5 nitrogen and oxygen atoms in total. The van der Waals surface area contributed by atoms with Crippen LogP contribution >= 0.6 is 11.6 Å². The third-order valence-electron chi connectivity index (χ3n) is 2.47. The third kappa shape index (κ3) is 4.14. The second-order valence-corrected chi connectivity index (χ2v) is 4.30. The summed E-state index contributed by atoms with van der Waals surface area (Å²) in [5.41, 5.74) is 0. The third-order valence-corrected chi connectivity index (χ3v) is 2.67. The van der Waals surface area contributed by atoms with Crippen molar-refractivity contribution >= 4 is 23.3 Å². The van der Waals surface area contributed by atoms with Gasteiger partial charge in [-0.1, -0.05) is 25.4 Å². The Bertz CT molecular complexity index is 411. The summed E-state index contributed by atoms with van der Waals surface area (Å²) in [4.78, 5) is 21.9. The van der Waals surface area contributed by atoms with Crippen LogP contribution < -0.4 is 10.2 Å². The van der Waals surface area contributed by atoms with Crippen LogP contribution in [-0.2, 0) is 11.2 Å². The summed E-state index contributed by atoms with van der Waals surface area (Å²) in [6, 6.07) is 1.69. The molecule has 0 spiro atoms. The molecule has 0 aliphatic carbocycles. The van der Waals surface area contributed by atoms with Crippen LogP contribution in [0.1, 0.15) is 26.1 Å². The Morgan fingerprint density at radius 2 is 2.17 bits per heavy atom. The zero-order chi connectivity index (χ0) is 13.5. The Labute approximate surface area is 113 Å². The van der Waals surface area contributed by atoms with Gasteiger partial charge < -0.3 is 10.2 Å². The number of halogens is 1. The highest BCUT2D eigenvalue weighted by Crippen LogP contribution is 2.16. The van der Waals surface area contributed by atoms with E-state index in [9.17, 15) is 4.79 Å². The van der Waals surface area contributed by atoms with Gasteiger partial charge in [0.05, 0.1) is 6.54 Å². The van der Waals surface area contributed by atoms with Gasteiger partial charge in [-0.3, -0.25) is 4.79 Å². The summed E-state index contributed by atoms with van der Waals surface area (Å²) in [7, 11) is 1.62. The van der Waals surface area contributed by atoms with Gasteiger partial charge in [0.1, 0.15) is 16.8 Å². The standard InChI is InChI=1S/C12H19ClN4O/c1-4-6-17(8-12(18)14-3)11-7-9(13)15-10(5-2)16-11/h7H,4-6,8H2,1-3H3,(H,14,18). The number of rotatable bonds is 6. The summed E-state index contributed by atoms with van der Waals surface area (Å²) in [5.74, 6) is 1.35. The smallest absolute Gasteiger partial charge is 0.239 e. The Hall–Kier alpha value is -1.36. The molecule has 1 rings (SSSR count). The monoisotopic (exact) mass is 270 g/mol. The fourth-order valence-electron chi connectivity index (χ4n) is 1.57. The van der Waals surface area contributed by atoms with E-state index in [1.54, 1.807) is 13.1 Å². The van der Waals surface area contributed by atoms with Crippen molar-refractivity contribution < 1.29 is 4.79 Å². The van der Waals surface area contributed by atoms with Crippen molar-refractivity contribution in [2.75, 3.05) is 25.0 Å². The Morgan fingerprint density at radius 1 is 1.44 bits per heavy atom. The zero-order valence-electron chi connectivity index (χ0n) is 11.0. The average molecular weight is 271 g/mol. The minimum atomic E-state index is -0.0452. The Morgan fingerprint density at radius 3 is 2.72 bits per heavy atom. The summed E-state index contributed by atoms with van der Waals surface area (Å²) in [6.07, 6.45) is 1.65. The molecule has 0 fully saturated rings. The lowest BCUT2D eigenvalue weighted by molar-refractivity contribution is -0.119. The van der Waals surface area contributed by atoms with Gasteiger partial charge in [-0.05, 0) is 6.42 Å². The number of carbonyl (C=O) groups is 1. The van der Waals surface area contributed by atoms with Crippen molar-refractivity contribution in [3.63, 3.8) is 0 Å². The topological polar surface area (TPSA) is 58.1 Å². The number of nitrogens with zero attached hydrogens (tertiary/aromatic N) is 3. The lowest BCUT2D eigenvalue weighted by Crippen LogP contribution is -2.36. The number of anilines is 1. The maximum absolute atomic E-state index is 11.5. The molecule has 1 heterocycles. The molecule has 0 unspecified atom stereocenters. The normalized spacial score (nSPS) is 10.2. The van der Waals surface area contributed by atoms with E-state index < -0.39 is 0 Å². The fraction of sp³-hybridized carbons (Fsp3) is 0.583. The molecule has 0 saturated carbocycles. The summed E-state index contributed by atoms with van der Waals surface area (Å²) in [6.45, 7) is 5.06. The van der Waals surface area contributed by atoms with Crippen LogP contribution in [0.15, 0.2) is 6.07 Å². The predicted octanol–water partition coefficient (Wildman–Crippen LogP) is 1.65. The fourth-order valence-corrected chi connectivity index (χ4v) is 1.76. The lowest BCUT2D eigenvalue weighted by atomic mass is 10.3. The highest BCUT2D eigenvalue weighted by Gasteiger charge is 2.13. The Balaban J connectivity index is 2.96. The number of aryl methyl sites for hydroxylation is 1. The van der Waals surface area contributed by atoms with Crippen molar-refractivity contribution in [1.82, 2.24) is 15.3 Å². The van der Waals surface area contributed by atoms with Crippen LogP contribution in [0.4, 0.5) is 5.82 Å². The first-order chi connectivity index (χ1) is 8.60. The molecule has 0 atom stereocenters. The summed E-state index contributed by atoms with van der Waals surface area (Å²) >= 11 is 5.97. The number of carbonyl (C=O) groups excluding carboxylic acids is 1. The number of aromatic nitrogens is 2. The van der Waals surface area contributed by atoms with Gasteiger partial charge >= 0.3 is 0 Å². The molecule has 1 aromatic rings. The molecule has 0 bridgehead atoms. The first kappa shape index (κ1) is 14.7. The SMILES string of the molecule is CCCN(CC(=O)NC)c1cc(Cl)nc(CC)n1. The minimum absolute atomic E-state index is 0.0452. The second-order valence-electron chi connectivity index (χ2n) is 3.91. The molecular formula is C12H19ClN4O. The van der Waals surface area contributed by atoms with E-state index in [2.05, 4.69) is 22.2 Å². The van der Waals surface area contributed by atoms with E-state index in [-0.39, 0.29) is 12.5 Å². The molecule has 100 valence electrons. The maximum atomic E-state index is 11.5. The van der Waals surface area contributed by atoms with Crippen molar-refractivity contribution in [1.29, 1.82) is 0 Å². The van der Waals surface area contributed by atoms with E-state index in [0.717, 1.165) is 13.0 Å². The van der Waals surface area contributed by atoms with E-state index >= 15 is 0 Å². The first-order valence-electron chi connectivity index (χ1n) is 6.09. The quantitative estimate of drug-likeness (QED) is 0.799. The molecule has 0 aromatic carbocycles. The molecule has 0 aliphatic heterocycles. The van der Waals surface area contributed by atoms with Gasteiger partial charge in [0.2, 0.25) is 5.91 Å². The van der Waals surface area contributed by atoms with Gasteiger partial charge in [0, 0.05) is 26.1 Å². The molecule has 1 aromatic heterocycles. The predicted molar refractivity (Wildman–Crippen MR) is 73.0 cm³/mol. The molecular weight excluding hydrogens is 252 g/mol. The largest absolute Gasteiger partial charge is 0.358 e. The summed E-state index contributed by atoms with van der Waals surface area (Å²) < 4.78 is 0. The van der Waals surface area contributed by atoms with E-state index in [0.29, 0.717) is 23.2 Å².